The molecule has 1 aromatic heterocycles. The number of anilines is 2. The number of hydrogen-bond donors (Lipinski definition) is 3. The maximum atomic E-state index is 10.4. The van der Waals surface area contributed by atoms with Gasteiger partial charge in [0.1, 0.15) is 0 Å². The molecule has 1 aromatic rings. The molecule has 0 unspecified atom stereocenters. The molecule has 0 aliphatic rings. The zero-order chi connectivity index (χ0) is 13.4. The predicted octanol–water partition coefficient (Wildman–Crippen LogP) is 1.30. The number of aliphatic carboxylic acids is 1. The molecule has 0 saturated carbocycles. The standard InChI is InChI=1S/C10H17N5O2S/c1-3-11-8-13-9(12-4-2)15-10(14-8)18-6-5-7(16)17/h3-6H2,1-2H3,(H,16,17)(H2,11,12,13,14,15). The fourth-order valence-corrected chi connectivity index (χ4v) is 1.89. The summed E-state index contributed by atoms with van der Waals surface area (Å²) < 4.78 is 0. The molecule has 0 fully saturated rings. The SMILES string of the molecule is CCNc1nc(NCC)nc(SCCC(=O)O)n1. The van der Waals surface area contributed by atoms with Gasteiger partial charge in [0.2, 0.25) is 11.9 Å². The normalized spacial score (nSPS) is 10.1. The number of rotatable bonds is 8. The van der Waals surface area contributed by atoms with E-state index in [0.29, 0.717) is 22.8 Å². The second-order valence-electron chi connectivity index (χ2n) is 3.32. The molecule has 1 heterocycles. The van der Waals surface area contributed by atoms with Crippen LogP contribution in [-0.4, -0.2) is 44.9 Å². The van der Waals surface area contributed by atoms with Crippen molar-refractivity contribution in [3.63, 3.8) is 0 Å². The van der Waals surface area contributed by atoms with Crippen molar-refractivity contribution >= 4 is 29.6 Å². The molecular formula is C10H17N5O2S. The van der Waals surface area contributed by atoms with Crippen molar-refractivity contribution in [2.45, 2.75) is 25.4 Å². The molecule has 7 nitrogen and oxygen atoms in total. The van der Waals surface area contributed by atoms with Gasteiger partial charge >= 0.3 is 5.97 Å². The van der Waals surface area contributed by atoms with Gasteiger partial charge in [0, 0.05) is 18.8 Å². The number of nitrogens with one attached hydrogen (secondary N) is 2. The first-order valence-corrected chi connectivity index (χ1v) is 6.72. The zero-order valence-corrected chi connectivity index (χ0v) is 11.3. The lowest BCUT2D eigenvalue weighted by atomic mass is 10.5. The van der Waals surface area contributed by atoms with Crippen molar-refractivity contribution in [2.75, 3.05) is 29.5 Å². The minimum absolute atomic E-state index is 0.0867. The van der Waals surface area contributed by atoms with Gasteiger partial charge in [-0.15, -0.1) is 0 Å². The Bertz CT molecular complexity index is 378. The highest BCUT2D eigenvalue weighted by Gasteiger charge is 2.07. The average Bonchev–Trinajstić information content (AvgIpc) is 2.29. The fourth-order valence-electron chi connectivity index (χ4n) is 1.13. The van der Waals surface area contributed by atoms with E-state index in [9.17, 15) is 4.79 Å². The Kier molecular flexibility index (Phi) is 6.20. The lowest BCUT2D eigenvalue weighted by Crippen LogP contribution is -2.09. The van der Waals surface area contributed by atoms with Gasteiger partial charge in [-0.3, -0.25) is 4.79 Å². The lowest BCUT2D eigenvalue weighted by molar-refractivity contribution is -0.136. The number of carboxylic acid groups (broad SMARTS) is 1. The molecule has 0 bridgehead atoms. The van der Waals surface area contributed by atoms with Crippen molar-refractivity contribution in [1.82, 2.24) is 15.0 Å². The van der Waals surface area contributed by atoms with Crippen LogP contribution in [0.5, 0.6) is 0 Å². The maximum absolute atomic E-state index is 10.4. The van der Waals surface area contributed by atoms with Gasteiger partial charge in [0.05, 0.1) is 6.42 Å². The van der Waals surface area contributed by atoms with E-state index in [1.807, 2.05) is 13.8 Å². The highest BCUT2D eigenvalue weighted by atomic mass is 32.2. The van der Waals surface area contributed by atoms with Crippen molar-refractivity contribution in [3.8, 4) is 0 Å². The molecule has 0 spiro atoms. The molecule has 8 heteroatoms. The second kappa shape index (κ2) is 7.70. The molecule has 18 heavy (non-hydrogen) atoms. The summed E-state index contributed by atoms with van der Waals surface area (Å²) in [7, 11) is 0. The molecular weight excluding hydrogens is 254 g/mol. The van der Waals surface area contributed by atoms with Crippen LogP contribution in [0, 0.1) is 0 Å². The summed E-state index contributed by atoms with van der Waals surface area (Å²) in [6.45, 7) is 5.34. The van der Waals surface area contributed by atoms with Crippen molar-refractivity contribution in [3.05, 3.63) is 0 Å². The first-order valence-electron chi connectivity index (χ1n) is 5.74. The van der Waals surface area contributed by atoms with Gasteiger partial charge in [-0.2, -0.15) is 15.0 Å². The average molecular weight is 271 g/mol. The van der Waals surface area contributed by atoms with E-state index in [2.05, 4.69) is 25.6 Å². The maximum Gasteiger partial charge on any atom is 0.304 e. The summed E-state index contributed by atoms with van der Waals surface area (Å²) in [5.74, 6) is 0.620. The Morgan fingerprint density at radius 1 is 1.17 bits per heavy atom. The second-order valence-corrected chi connectivity index (χ2v) is 4.38. The highest BCUT2D eigenvalue weighted by Crippen LogP contribution is 2.17. The third-order valence-electron chi connectivity index (χ3n) is 1.83. The van der Waals surface area contributed by atoms with Crippen LogP contribution < -0.4 is 10.6 Å². The predicted molar refractivity (Wildman–Crippen MR) is 71.1 cm³/mol. The smallest absolute Gasteiger partial charge is 0.304 e. The van der Waals surface area contributed by atoms with Gasteiger partial charge in [-0.05, 0) is 13.8 Å². The minimum atomic E-state index is -0.824. The van der Waals surface area contributed by atoms with Crippen LogP contribution in [0.2, 0.25) is 0 Å². The number of thioether (sulfide) groups is 1. The Morgan fingerprint density at radius 3 is 2.17 bits per heavy atom. The van der Waals surface area contributed by atoms with E-state index in [1.165, 1.54) is 11.8 Å². The van der Waals surface area contributed by atoms with Crippen LogP contribution in [0.4, 0.5) is 11.9 Å². The topological polar surface area (TPSA) is 100 Å². The lowest BCUT2D eigenvalue weighted by Gasteiger charge is -2.07. The molecule has 100 valence electrons. The van der Waals surface area contributed by atoms with Crippen LogP contribution >= 0.6 is 11.8 Å². The molecule has 0 radical (unpaired) electrons. The van der Waals surface area contributed by atoms with Crippen molar-refractivity contribution in [1.29, 1.82) is 0 Å². The summed E-state index contributed by atoms with van der Waals surface area (Å²) in [6.07, 6.45) is 0.0867. The molecule has 3 N–H and O–H groups in total. The Hall–Kier alpha value is -1.57. The molecule has 1 rings (SSSR count). The molecule has 0 aliphatic carbocycles. The quantitative estimate of drug-likeness (QED) is 0.608. The summed E-state index contributed by atoms with van der Waals surface area (Å²) >= 11 is 1.31. The van der Waals surface area contributed by atoms with Gasteiger partial charge in [0.25, 0.3) is 0 Å². The number of carbonyl (C=O) groups is 1. The van der Waals surface area contributed by atoms with E-state index in [0.717, 1.165) is 13.1 Å². The third-order valence-corrected chi connectivity index (χ3v) is 2.68. The number of hydrogen-bond acceptors (Lipinski definition) is 7. The van der Waals surface area contributed by atoms with Crippen molar-refractivity contribution < 1.29 is 9.90 Å². The van der Waals surface area contributed by atoms with E-state index in [1.54, 1.807) is 0 Å². The molecule has 0 atom stereocenters. The number of carboxylic acids is 1. The van der Waals surface area contributed by atoms with Gasteiger partial charge in [0.15, 0.2) is 5.16 Å². The highest BCUT2D eigenvalue weighted by molar-refractivity contribution is 7.99. The largest absolute Gasteiger partial charge is 0.481 e. The van der Waals surface area contributed by atoms with E-state index in [-0.39, 0.29) is 6.42 Å². The zero-order valence-electron chi connectivity index (χ0n) is 10.4. The van der Waals surface area contributed by atoms with Gasteiger partial charge < -0.3 is 15.7 Å². The summed E-state index contributed by atoms with van der Waals surface area (Å²) in [6, 6.07) is 0. The van der Waals surface area contributed by atoms with Crippen LogP contribution in [0.1, 0.15) is 20.3 Å². The van der Waals surface area contributed by atoms with Crippen LogP contribution in [0.15, 0.2) is 5.16 Å². The van der Waals surface area contributed by atoms with Gasteiger partial charge in [-0.25, -0.2) is 0 Å². The molecule has 0 aliphatic heterocycles. The monoisotopic (exact) mass is 271 g/mol. The fraction of sp³-hybridized carbons (Fsp3) is 0.600. The summed E-state index contributed by atoms with van der Waals surface area (Å²) in [5, 5.41) is 15.1. The first-order chi connectivity index (χ1) is 8.65. The first kappa shape index (κ1) is 14.5. The van der Waals surface area contributed by atoms with Crippen LogP contribution in [0.3, 0.4) is 0 Å². The van der Waals surface area contributed by atoms with E-state index in [4.69, 9.17) is 5.11 Å². The summed E-state index contributed by atoms with van der Waals surface area (Å²) in [5.41, 5.74) is 0. The van der Waals surface area contributed by atoms with E-state index >= 15 is 0 Å². The Labute approximate surface area is 110 Å². The molecule has 0 saturated heterocycles. The van der Waals surface area contributed by atoms with E-state index < -0.39 is 5.97 Å². The van der Waals surface area contributed by atoms with Crippen LogP contribution in [0.25, 0.3) is 0 Å². The number of aromatic nitrogens is 3. The van der Waals surface area contributed by atoms with Crippen molar-refractivity contribution in [2.24, 2.45) is 0 Å². The number of nitrogens with zero attached hydrogens (tertiary/aromatic N) is 3. The minimum Gasteiger partial charge on any atom is -0.481 e. The Balaban J connectivity index is 2.71. The molecule has 0 aromatic carbocycles. The van der Waals surface area contributed by atoms with Crippen LogP contribution in [-0.2, 0) is 4.79 Å². The Morgan fingerprint density at radius 2 is 1.72 bits per heavy atom. The third kappa shape index (κ3) is 5.17. The van der Waals surface area contributed by atoms with Gasteiger partial charge in [-0.1, -0.05) is 11.8 Å². The molecule has 0 amide bonds. The summed E-state index contributed by atoms with van der Waals surface area (Å²) in [4.78, 5) is 23.0.